The monoisotopic (exact) mass is 741 g/mol. The summed E-state index contributed by atoms with van der Waals surface area (Å²) in [7, 11) is -14.7. The maximum absolute atomic E-state index is 12.3. The Morgan fingerprint density at radius 1 is 0.766 bits per heavy atom. The molecule has 16 nitrogen and oxygen atoms in total. The molecule has 0 aliphatic rings. The van der Waals surface area contributed by atoms with Crippen LogP contribution in [0, 0.1) is 0 Å². The summed E-state index contributed by atoms with van der Waals surface area (Å²) < 4.78 is 103. The number of nitrogens with zero attached hydrogens (tertiary/aromatic N) is 4. The van der Waals surface area contributed by atoms with Gasteiger partial charge in [-0.15, -0.1) is 22.0 Å². The first kappa shape index (κ1) is 35.9. The summed E-state index contributed by atoms with van der Waals surface area (Å²) in [6.07, 6.45) is 0. The van der Waals surface area contributed by atoms with Gasteiger partial charge >= 0.3 is 10.4 Å². The van der Waals surface area contributed by atoms with E-state index in [9.17, 15) is 39.5 Å². The number of hydrogen-bond acceptors (Lipinski definition) is 15. The number of phenolic OH excluding ortho intramolecular Hbond substituents is 1. The van der Waals surface area contributed by atoms with E-state index in [0.29, 0.717) is 4.90 Å². The molecule has 4 rings (SSSR count). The van der Waals surface area contributed by atoms with Crippen molar-refractivity contribution in [2.75, 3.05) is 18.1 Å². The molecule has 6 N–H and O–H groups in total. The quantitative estimate of drug-likeness (QED) is 0.0318. The lowest BCUT2D eigenvalue weighted by atomic mass is 10.1. The van der Waals surface area contributed by atoms with Gasteiger partial charge in [-0.3, -0.25) is 13.7 Å². The topological polar surface area (TPSA) is 268 Å². The second-order valence-electron chi connectivity index (χ2n) is 9.03. The predicted molar refractivity (Wildman–Crippen MR) is 175 cm³/mol. The van der Waals surface area contributed by atoms with Gasteiger partial charge in [0.25, 0.3) is 20.2 Å². The average molecular weight is 742 g/mol. The predicted octanol–water partition coefficient (Wildman–Crippen LogP) is 6.60. The van der Waals surface area contributed by atoms with Gasteiger partial charge in [0.2, 0.25) is 0 Å². The van der Waals surface area contributed by atoms with Crippen LogP contribution in [0.1, 0.15) is 0 Å². The molecule has 21 heteroatoms. The van der Waals surface area contributed by atoms with E-state index in [-0.39, 0.29) is 34.5 Å². The molecule has 0 heterocycles. The lowest BCUT2D eigenvalue weighted by molar-refractivity contribution is 0.285. The molecule has 0 unspecified atom stereocenters. The third kappa shape index (κ3) is 9.33. The first-order valence-corrected chi connectivity index (χ1v) is 18.7. The number of aromatic hydroxyl groups is 1. The molecule has 0 saturated heterocycles. The van der Waals surface area contributed by atoms with Gasteiger partial charge in [0.15, 0.2) is 5.75 Å². The Morgan fingerprint density at radius 2 is 1.26 bits per heavy atom. The molecule has 4 aromatic carbocycles. The number of hydrogen-bond donors (Lipinski definition) is 5. The second-order valence-corrected chi connectivity index (χ2v) is 15.1. The van der Waals surface area contributed by atoms with Crippen molar-refractivity contribution in [1.82, 2.24) is 0 Å². The zero-order valence-corrected chi connectivity index (χ0v) is 27.6. The Kier molecular flexibility index (Phi) is 11.0. The summed E-state index contributed by atoms with van der Waals surface area (Å²) in [5.74, 6) is -0.737. The molecule has 0 aliphatic carbocycles. The molecular weight excluding hydrogens is 719 g/mol. The number of nitrogens with two attached hydrogens (primary N) is 1. The van der Waals surface area contributed by atoms with E-state index >= 15 is 0 Å². The average Bonchev–Trinajstić information content (AvgIpc) is 2.98. The van der Waals surface area contributed by atoms with Gasteiger partial charge in [0.1, 0.15) is 21.2 Å². The van der Waals surface area contributed by atoms with Crippen LogP contribution in [0.5, 0.6) is 5.75 Å². The zero-order valence-electron chi connectivity index (χ0n) is 23.5. The SMILES string of the molecule is C=CSc1ccc(N=Nc2c(S(=O)(=O)O)cc3cc(S(=O)(=O)O)c(N=Nc4ccc(SCCOS(=O)(=O)O)cc4)c(O)c3c2N)cc1. The van der Waals surface area contributed by atoms with E-state index < -0.39 is 63.2 Å². The minimum absolute atomic E-state index is 0.158. The summed E-state index contributed by atoms with van der Waals surface area (Å²) in [5, 5.41) is 27.7. The summed E-state index contributed by atoms with van der Waals surface area (Å²) in [5.41, 5.74) is 4.82. The number of benzene rings is 4. The van der Waals surface area contributed by atoms with Crippen molar-refractivity contribution in [1.29, 1.82) is 0 Å². The van der Waals surface area contributed by atoms with Crippen LogP contribution in [-0.2, 0) is 34.8 Å². The normalized spacial score (nSPS) is 12.7. The van der Waals surface area contributed by atoms with Crippen LogP contribution >= 0.6 is 23.5 Å². The molecular formula is C26H23N5O11S5. The Morgan fingerprint density at radius 3 is 1.74 bits per heavy atom. The van der Waals surface area contributed by atoms with E-state index in [4.69, 9.17) is 10.3 Å². The third-order valence-corrected chi connectivity index (χ3v) is 9.76. The number of anilines is 1. The smallest absolute Gasteiger partial charge is 0.397 e. The fraction of sp³-hybridized carbons (Fsp3) is 0.0769. The van der Waals surface area contributed by atoms with Crippen LogP contribution in [0.4, 0.5) is 28.4 Å². The van der Waals surface area contributed by atoms with Gasteiger partial charge in [0, 0.05) is 15.5 Å². The fourth-order valence-corrected chi connectivity index (χ4v) is 6.86. The van der Waals surface area contributed by atoms with Crippen molar-refractivity contribution < 1.29 is 48.2 Å². The third-order valence-electron chi connectivity index (χ3n) is 5.88. The van der Waals surface area contributed by atoms with Crippen LogP contribution in [0.25, 0.3) is 10.8 Å². The van der Waals surface area contributed by atoms with Crippen LogP contribution in [-0.4, -0.2) is 56.4 Å². The summed E-state index contributed by atoms with van der Waals surface area (Å²) in [6.45, 7) is 3.34. The largest absolute Gasteiger partial charge is 0.505 e. The maximum Gasteiger partial charge on any atom is 0.397 e. The summed E-state index contributed by atoms with van der Waals surface area (Å²) >= 11 is 2.53. The molecule has 0 aliphatic heterocycles. The highest BCUT2D eigenvalue weighted by Crippen LogP contribution is 2.48. The minimum Gasteiger partial charge on any atom is -0.505 e. The van der Waals surface area contributed by atoms with Crippen LogP contribution in [0.3, 0.4) is 0 Å². The zero-order chi connectivity index (χ0) is 34.6. The van der Waals surface area contributed by atoms with E-state index in [2.05, 4.69) is 31.2 Å². The van der Waals surface area contributed by atoms with E-state index in [0.717, 1.165) is 17.0 Å². The van der Waals surface area contributed by atoms with E-state index in [1.807, 2.05) is 0 Å². The highest BCUT2D eigenvalue weighted by Gasteiger charge is 2.28. The first-order valence-electron chi connectivity index (χ1n) is 12.6. The van der Waals surface area contributed by atoms with Crippen LogP contribution in [0.2, 0.25) is 0 Å². The van der Waals surface area contributed by atoms with Crippen molar-refractivity contribution in [2.45, 2.75) is 19.6 Å². The number of rotatable bonds is 13. The van der Waals surface area contributed by atoms with Gasteiger partial charge in [-0.25, -0.2) is 4.18 Å². The number of thioether (sulfide) groups is 2. The molecule has 0 saturated carbocycles. The maximum atomic E-state index is 12.3. The Labute approximate surface area is 276 Å². The van der Waals surface area contributed by atoms with Crippen LogP contribution in [0.15, 0.2) is 113 Å². The summed E-state index contributed by atoms with van der Waals surface area (Å²) in [6, 6.07) is 14.1. The van der Waals surface area contributed by atoms with Gasteiger partial charge < -0.3 is 10.8 Å². The second kappa shape index (κ2) is 14.5. The number of fused-ring (bicyclic) bond motifs is 1. The number of azo groups is 2. The molecule has 47 heavy (non-hydrogen) atoms. The Hall–Kier alpha value is -3.93. The molecule has 0 amide bonds. The molecule has 0 bridgehead atoms. The van der Waals surface area contributed by atoms with Gasteiger partial charge in [-0.2, -0.15) is 35.5 Å². The Bertz CT molecular complexity index is 2230. The van der Waals surface area contributed by atoms with Crippen LogP contribution < -0.4 is 5.73 Å². The number of nitrogen functional groups attached to an aromatic ring is 1. The molecule has 0 fully saturated rings. The van der Waals surface area contributed by atoms with E-state index in [1.54, 1.807) is 41.8 Å². The minimum atomic E-state index is -5.10. The highest BCUT2D eigenvalue weighted by molar-refractivity contribution is 8.02. The van der Waals surface area contributed by atoms with Crippen molar-refractivity contribution in [3.8, 4) is 5.75 Å². The van der Waals surface area contributed by atoms with Crippen molar-refractivity contribution in [3.05, 3.63) is 72.7 Å². The highest BCUT2D eigenvalue weighted by atomic mass is 32.3. The molecule has 248 valence electrons. The van der Waals surface area contributed by atoms with E-state index in [1.165, 1.54) is 35.7 Å². The Balaban J connectivity index is 1.77. The fourth-order valence-electron chi connectivity index (χ4n) is 3.92. The standard InChI is InChI=1S/C26H23N5O11S5/c1-2-43-18-7-3-16(4-8-18)28-30-24-20(45(33,34)35)13-15-14-21(46(36,37)38)25(26(32)22(15)23(24)27)31-29-17-5-9-19(10-6-17)44-12-11-42-47(39,40)41/h2-10,13-14,32H,1,11-12,27H2,(H,33,34,35)(H,36,37,38)(H,39,40,41). The number of phenols is 1. The van der Waals surface area contributed by atoms with Gasteiger partial charge in [0.05, 0.1) is 29.1 Å². The van der Waals surface area contributed by atoms with Gasteiger partial charge in [-0.05, 0) is 71.5 Å². The lowest BCUT2D eigenvalue weighted by Crippen LogP contribution is -2.06. The van der Waals surface area contributed by atoms with Crippen molar-refractivity contribution in [3.63, 3.8) is 0 Å². The molecule has 4 aromatic rings. The van der Waals surface area contributed by atoms with Crippen molar-refractivity contribution in [2.24, 2.45) is 20.5 Å². The van der Waals surface area contributed by atoms with Crippen molar-refractivity contribution >= 4 is 93.4 Å². The van der Waals surface area contributed by atoms with Gasteiger partial charge in [-0.1, -0.05) is 18.3 Å². The first-order chi connectivity index (χ1) is 22.0. The molecule has 0 aromatic heterocycles. The molecule has 0 radical (unpaired) electrons. The lowest BCUT2D eigenvalue weighted by Gasteiger charge is -2.14. The summed E-state index contributed by atoms with van der Waals surface area (Å²) in [4.78, 5) is -0.332. The molecule has 0 atom stereocenters. The molecule has 0 spiro atoms.